The number of hydrogen-bond acceptors (Lipinski definition) is 4. The second-order valence-electron chi connectivity index (χ2n) is 7.22. The highest BCUT2D eigenvalue weighted by molar-refractivity contribution is 6.32. The Hall–Kier alpha value is -3.77. The Bertz CT molecular complexity index is 1160. The van der Waals surface area contributed by atoms with Crippen LogP contribution >= 0.6 is 11.6 Å². The largest absolute Gasteiger partial charge is 0.490 e. The molecule has 0 saturated carbocycles. The average molecular weight is 466 g/mol. The van der Waals surface area contributed by atoms with E-state index < -0.39 is 11.9 Å². The number of rotatable bonds is 9. The molecule has 7 heteroatoms. The Labute approximate surface area is 197 Å². The zero-order valence-electron chi connectivity index (χ0n) is 18.3. The molecule has 33 heavy (non-hydrogen) atoms. The van der Waals surface area contributed by atoms with Gasteiger partial charge in [-0.05, 0) is 55.3 Å². The predicted octanol–water partition coefficient (Wildman–Crippen LogP) is 5.48. The first kappa shape index (κ1) is 23.9. The van der Waals surface area contributed by atoms with Crippen molar-refractivity contribution in [2.75, 3.05) is 6.61 Å². The minimum Gasteiger partial charge on any atom is -0.490 e. The molecule has 0 unspecified atom stereocenters. The van der Waals surface area contributed by atoms with E-state index >= 15 is 0 Å². The highest BCUT2D eigenvalue weighted by Crippen LogP contribution is 2.37. The first-order valence-electron chi connectivity index (χ1n) is 10.3. The van der Waals surface area contributed by atoms with E-state index in [2.05, 4.69) is 5.32 Å². The zero-order chi connectivity index (χ0) is 23.8. The van der Waals surface area contributed by atoms with Gasteiger partial charge < -0.3 is 19.9 Å². The van der Waals surface area contributed by atoms with Gasteiger partial charge in [0.05, 0.1) is 11.6 Å². The average Bonchev–Trinajstić information content (AvgIpc) is 2.80. The van der Waals surface area contributed by atoms with Gasteiger partial charge in [-0.25, -0.2) is 4.79 Å². The molecule has 0 saturated heterocycles. The maximum atomic E-state index is 12.4. The molecular weight excluding hydrogens is 442 g/mol. The third-order valence-corrected chi connectivity index (χ3v) is 4.94. The number of amides is 1. The van der Waals surface area contributed by atoms with Crippen molar-refractivity contribution < 1.29 is 24.2 Å². The van der Waals surface area contributed by atoms with E-state index in [1.54, 1.807) is 42.5 Å². The fourth-order valence-corrected chi connectivity index (χ4v) is 3.29. The number of benzene rings is 3. The van der Waals surface area contributed by atoms with Gasteiger partial charge in [-0.15, -0.1) is 0 Å². The van der Waals surface area contributed by atoms with Gasteiger partial charge in [0.2, 0.25) is 0 Å². The molecule has 0 spiro atoms. The lowest BCUT2D eigenvalue weighted by atomic mass is 10.1. The van der Waals surface area contributed by atoms with E-state index in [9.17, 15) is 14.7 Å². The normalized spacial score (nSPS) is 11.1. The highest BCUT2D eigenvalue weighted by atomic mass is 35.5. The number of aliphatic carboxylic acids is 1. The molecule has 3 aromatic rings. The third kappa shape index (κ3) is 6.60. The molecule has 2 N–H and O–H groups in total. The molecule has 6 nitrogen and oxygen atoms in total. The SMILES string of the molecule is CCOc1cc(/C=C(/NC(=O)c2ccccc2)C(=O)O)cc(Cl)c1OCc1ccc(C)cc1. The molecule has 0 aliphatic rings. The van der Waals surface area contributed by atoms with Crippen molar-refractivity contribution in [1.29, 1.82) is 0 Å². The van der Waals surface area contributed by atoms with Crippen LogP contribution in [0.2, 0.25) is 5.02 Å². The van der Waals surface area contributed by atoms with E-state index in [1.807, 2.05) is 38.1 Å². The van der Waals surface area contributed by atoms with Gasteiger partial charge in [0, 0.05) is 5.56 Å². The van der Waals surface area contributed by atoms with Crippen molar-refractivity contribution in [3.8, 4) is 11.5 Å². The Balaban J connectivity index is 1.86. The van der Waals surface area contributed by atoms with E-state index in [-0.39, 0.29) is 10.7 Å². The van der Waals surface area contributed by atoms with Crippen molar-refractivity contribution in [2.24, 2.45) is 0 Å². The second-order valence-corrected chi connectivity index (χ2v) is 7.63. The van der Waals surface area contributed by atoms with Crippen LogP contribution in [-0.2, 0) is 11.4 Å². The summed E-state index contributed by atoms with van der Waals surface area (Å²) in [6.07, 6.45) is 1.32. The van der Waals surface area contributed by atoms with Gasteiger partial charge in [0.25, 0.3) is 5.91 Å². The van der Waals surface area contributed by atoms with Gasteiger partial charge in [-0.2, -0.15) is 0 Å². The first-order valence-corrected chi connectivity index (χ1v) is 10.7. The smallest absolute Gasteiger partial charge is 0.352 e. The number of nitrogens with one attached hydrogen (secondary N) is 1. The predicted molar refractivity (Wildman–Crippen MR) is 128 cm³/mol. The highest BCUT2D eigenvalue weighted by Gasteiger charge is 2.16. The minimum atomic E-state index is -1.28. The summed E-state index contributed by atoms with van der Waals surface area (Å²) in [7, 11) is 0. The van der Waals surface area contributed by atoms with E-state index in [0.717, 1.165) is 11.1 Å². The van der Waals surface area contributed by atoms with Crippen LogP contribution in [0.4, 0.5) is 0 Å². The van der Waals surface area contributed by atoms with Gasteiger partial charge in [0.15, 0.2) is 11.5 Å². The molecule has 0 aromatic heterocycles. The van der Waals surface area contributed by atoms with Crippen LogP contribution < -0.4 is 14.8 Å². The Morgan fingerprint density at radius 1 is 1.03 bits per heavy atom. The monoisotopic (exact) mass is 465 g/mol. The Morgan fingerprint density at radius 3 is 2.36 bits per heavy atom. The molecule has 0 fully saturated rings. The van der Waals surface area contributed by atoms with Gasteiger partial charge >= 0.3 is 5.97 Å². The lowest BCUT2D eigenvalue weighted by Crippen LogP contribution is -2.27. The standard InChI is InChI=1S/C26H24ClNO5/c1-3-32-23-15-19(13-21(27)24(23)33-16-18-11-9-17(2)10-12-18)14-22(26(30)31)28-25(29)20-7-5-4-6-8-20/h4-15H,3,16H2,1-2H3,(H,28,29)(H,30,31)/b22-14+. The topological polar surface area (TPSA) is 84.9 Å². The van der Waals surface area contributed by atoms with Crippen molar-refractivity contribution in [3.63, 3.8) is 0 Å². The number of carboxylic acid groups (broad SMARTS) is 1. The molecule has 0 aliphatic heterocycles. The number of ether oxygens (including phenoxy) is 2. The maximum Gasteiger partial charge on any atom is 0.352 e. The van der Waals surface area contributed by atoms with E-state index in [1.165, 1.54) is 6.08 Å². The Kier molecular flexibility index (Phi) is 8.11. The number of carbonyl (C=O) groups excluding carboxylic acids is 1. The molecule has 3 aromatic carbocycles. The Morgan fingerprint density at radius 2 is 1.73 bits per heavy atom. The van der Waals surface area contributed by atoms with Gasteiger partial charge in [0.1, 0.15) is 12.3 Å². The summed E-state index contributed by atoms with van der Waals surface area (Å²) in [6, 6.07) is 19.5. The van der Waals surface area contributed by atoms with Crippen molar-refractivity contribution in [1.82, 2.24) is 5.32 Å². The van der Waals surface area contributed by atoms with Crippen LogP contribution in [0.5, 0.6) is 11.5 Å². The number of aryl methyl sites for hydroxylation is 1. The van der Waals surface area contributed by atoms with Crippen LogP contribution in [0.3, 0.4) is 0 Å². The van der Waals surface area contributed by atoms with Crippen LogP contribution in [-0.4, -0.2) is 23.6 Å². The number of hydrogen-bond donors (Lipinski definition) is 2. The molecule has 0 heterocycles. The van der Waals surface area contributed by atoms with Crippen molar-refractivity contribution in [2.45, 2.75) is 20.5 Å². The number of halogens is 1. The van der Waals surface area contributed by atoms with Gasteiger partial charge in [-0.1, -0.05) is 59.6 Å². The number of carbonyl (C=O) groups is 2. The van der Waals surface area contributed by atoms with E-state index in [0.29, 0.717) is 35.8 Å². The minimum absolute atomic E-state index is 0.262. The van der Waals surface area contributed by atoms with E-state index in [4.69, 9.17) is 21.1 Å². The third-order valence-electron chi connectivity index (χ3n) is 4.66. The molecule has 170 valence electrons. The van der Waals surface area contributed by atoms with Crippen LogP contribution in [0.1, 0.15) is 34.0 Å². The fourth-order valence-electron chi connectivity index (χ4n) is 3.02. The molecule has 0 atom stereocenters. The quantitative estimate of drug-likeness (QED) is 0.408. The zero-order valence-corrected chi connectivity index (χ0v) is 19.1. The van der Waals surface area contributed by atoms with Crippen LogP contribution in [0.15, 0.2) is 72.4 Å². The molecular formula is C26H24ClNO5. The summed E-state index contributed by atoms with van der Waals surface area (Å²) < 4.78 is 11.6. The van der Waals surface area contributed by atoms with Crippen molar-refractivity contribution in [3.05, 3.63) is 99.7 Å². The molecule has 0 aliphatic carbocycles. The lowest BCUT2D eigenvalue weighted by molar-refractivity contribution is -0.132. The molecule has 1 amide bonds. The summed E-state index contributed by atoms with van der Waals surface area (Å²) in [6.45, 7) is 4.49. The molecule has 3 rings (SSSR count). The summed E-state index contributed by atoms with van der Waals surface area (Å²) in [5.41, 5.74) is 2.61. The summed E-state index contributed by atoms with van der Waals surface area (Å²) in [4.78, 5) is 24.1. The first-order chi connectivity index (χ1) is 15.9. The summed E-state index contributed by atoms with van der Waals surface area (Å²) in [5.74, 6) is -1.07. The lowest BCUT2D eigenvalue weighted by Gasteiger charge is -2.15. The van der Waals surface area contributed by atoms with Crippen molar-refractivity contribution >= 4 is 29.6 Å². The van der Waals surface area contributed by atoms with Crippen LogP contribution in [0, 0.1) is 6.92 Å². The fraction of sp³-hybridized carbons (Fsp3) is 0.154. The second kappa shape index (κ2) is 11.2. The number of carboxylic acids is 1. The summed E-state index contributed by atoms with van der Waals surface area (Å²) >= 11 is 6.46. The molecule has 0 radical (unpaired) electrons. The van der Waals surface area contributed by atoms with Crippen LogP contribution in [0.25, 0.3) is 6.08 Å². The maximum absolute atomic E-state index is 12.4. The summed E-state index contributed by atoms with van der Waals surface area (Å²) in [5, 5.41) is 12.3. The van der Waals surface area contributed by atoms with Gasteiger partial charge in [-0.3, -0.25) is 4.79 Å². The molecule has 0 bridgehead atoms.